The zero-order chi connectivity index (χ0) is 56.0. The summed E-state index contributed by atoms with van der Waals surface area (Å²) < 4.78 is 17.8. The first-order valence-electron chi connectivity index (χ1n) is 26.1. The number of thiazole rings is 1. The number of ketones is 1. The summed E-state index contributed by atoms with van der Waals surface area (Å²) in [6.07, 6.45) is 0.137. The average Bonchev–Trinajstić information content (AvgIpc) is 4.10. The molecule has 3 amide bonds. The smallest absolute Gasteiger partial charge is 0.306 e. The van der Waals surface area contributed by atoms with Crippen molar-refractivity contribution in [3.05, 3.63) is 93.7 Å². The molecule has 77 heavy (non-hydrogen) atoms. The van der Waals surface area contributed by atoms with Crippen molar-refractivity contribution in [2.75, 3.05) is 57.4 Å². The SMILES string of the molecule is Cc1ncsc1-c1ccc([C@H](C)NC(=O)[C@@H]2C[C@@H](OC(=O)CCC(=O)O)CN2C(=O)[C@@H](NC(=O)COCCN2CCN(c3ccc(C(=O)CC4C(C)(C)C(Oc5ccc(C#N)c(Cl)c5)C4(C)C)cn3)CC2)C(C)(C)C)cc1. The average molecular weight is 1100 g/mol. The molecule has 412 valence electrons. The van der Waals surface area contributed by atoms with Crippen molar-refractivity contribution >= 4 is 64.2 Å². The number of carboxylic acid groups (broad SMARTS) is 1. The van der Waals surface area contributed by atoms with E-state index in [4.69, 9.17) is 30.9 Å². The third-order valence-corrected chi connectivity index (χ3v) is 16.6. The molecule has 0 spiro atoms. The minimum atomic E-state index is -1.16. The van der Waals surface area contributed by atoms with Gasteiger partial charge in [-0.1, -0.05) is 84.3 Å². The normalized spacial score (nSPS) is 20.7. The van der Waals surface area contributed by atoms with E-state index >= 15 is 0 Å². The Labute approximate surface area is 459 Å². The maximum Gasteiger partial charge on any atom is 0.306 e. The third kappa shape index (κ3) is 14.0. The van der Waals surface area contributed by atoms with E-state index in [1.54, 1.807) is 62.0 Å². The van der Waals surface area contributed by atoms with Gasteiger partial charge in [0.1, 0.15) is 48.5 Å². The van der Waals surface area contributed by atoms with Crippen LogP contribution in [0, 0.1) is 40.4 Å². The number of nitrogens with zero attached hydrogens (tertiary/aromatic N) is 6. The molecule has 1 saturated carbocycles. The molecule has 2 aliphatic heterocycles. The van der Waals surface area contributed by atoms with Crippen LogP contribution in [-0.4, -0.2) is 137 Å². The van der Waals surface area contributed by atoms with Gasteiger partial charge in [0.15, 0.2) is 5.78 Å². The Morgan fingerprint density at radius 3 is 2.25 bits per heavy atom. The maximum atomic E-state index is 14.5. The van der Waals surface area contributed by atoms with Crippen LogP contribution in [-0.2, 0) is 33.4 Å². The number of aliphatic carboxylic acids is 1. The highest BCUT2D eigenvalue weighted by atomic mass is 35.5. The number of carboxylic acids is 1. The number of ether oxygens (including phenoxy) is 3. The van der Waals surface area contributed by atoms with Crippen LogP contribution in [0.15, 0.2) is 66.3 Å². The van der Waals surface area contributed by atoms with Crippen LogP contribution in [0.1, 0.15) is 114 Å². The molecule has 3 aliphatic rings. The van der Waals surface area contributed by atoms with E-state index in [9.17, 15) is 34.0 Å². The maximum absolute atomic E-state index is 14.5. The number of nitrogens with one attached hydrogen (secondary N) is 2. The van der Waals surface area contributed by atoms with Crippen LogP contribution < -0.4 is 20.3 Å². The Balaban J connectivity index is 0.873. The molecular formula is C57H71ClN8O10S. The lowest BCUT2D eigenvalue weighted by atomic mass is 9.44. The summed E-state index contributed by atoms with van der Waals surface area (Å²) in [7, 11) is 0. The van der Waals surface area contributed by atoms with E-state index in [-0.39, 0.29) is 61.2 Å². The molecule has 4 heterocycles. The van der Waals surface area contributed by atoms with Crippen LogP contribution in [0.3, 0.4) is 0 Å². The number of esters is 1. The lowest BCUT2D eigenvalue weighted by Crippen LogP contribution is -2.66. The van der Waals surface area contributed by atoms with Gasteiger partial charge in [-0.05, 0) is 60.6 Å². The van der Waals surface area contributed by atoms with Crippen molar-refractivity contribution in [1.29, 1.82) is 5.26 Å². The van der Waals surface area contributed by atoms with Gasteiger partial charge in [-0.15, -0.1) is 11.3 Å². The number of carbonyl (C=O) groups is 6. The number of hydrogen-bond acceptors (Lipinski definition) is 15. The molecule has 0 unspecified atom stereocenters. The van der Waals surface area contributed by atoms with E-state index < -0.39 is 65.7 Å². The molecule has 2 aromatic heterocycles. The highest BCUT2D eigenvalue weighted by Gasteiger charge is 2.63. The van der Waals surface area contributed by atoms with Crippen molar-refractivity contribution in [3.8, 4) is 22.3 Å². The monoisotopic (exact) mass is 1090 g/mol. The number of aromatic nitrogens is 2. The Morgan fingerprint density at radius 1 is 0.948 bits per heavy atom. The molecule has 20 heteroatoms. The molecule has 2 saturated heterocycles. The Kier molecular flexibility index (Phi) is 18.5. The van der Waals surface area contributed by atoms with E-state index in [1.165, 1.54) is 4.90 Å². The number of benzene rings is 2. The molecule has 4 atom stereocenters. The van der Waals surface area contributed by atoms with Crippen LogP contribution in [0.2, 0.25) is 5.02 Å². The number of nitriles is 1. The largest absolute Gasteiger partial charge is 0.489 e. The number of Topliss-reactive ketones (excluding diaryl/α,β-unsaturated/α-hetero) is 1. The summed E-state index contributed by atoms with van der Waals surface area (Å²) in [4.78, 5) is 95.3. The summed E-state index contributed by atoms with van der Waals surface area (Å²) in [5, 5.41) is 24.6. The zero-order valence-electron chi connectivity index (χ0n) is 45.4. The second-order valence-corrected chi connectivity index (χ2v) is 23.9. The van der Waals surface area contributed by atoms with E-state index in [0.717, 1.165) is 40.6 Å². The molecular weight excluding hydrogens is 1020 g/mol. The lowest BCUT2D eigenvalue weighted by Gasteiger charge is -2.63. The standard InChI is InChI=1S/C57H71ClN8O10S/c1-34(36-10-12-37(13-11-36)50-35(2)61-33-77-50)62-52(72)43-27-41(75-49(71)19-18-48(69)70)31-66(43)53(73)51(55(3,4)5)63-47(68)32-74-25-24-64-20-22-65(23-21-64)46-17-15-39(30-60-46)44(67)28-45-56(6,7)54(57(45,8)9)76-40-16-14-38(29-59)42(58)26-40/h10-17,26,30,33-34,41,43,45,51,54H,18-25,27-28,31-32H2,1-9H3,(H,62,72)(H,63,68)(H,69,70)/t34-,41+,43-,45?,51+,54?/m0/s1. The summed E-state index contributed by atoms with van der Waals surface area (Å²) in [6, 6.07) is 16.1. The van der Waals surface area contributed by atoms with Gasteiger partial charge in [0.05, 0.1) is 58.7 Å². The number of anilines is 1. The van der Waals surface area contributed by atoms with Gasteiger partial charge in [0.25, 0.3) is 0 Å². The summed E-state index contributed by atoms with van der Waals surface area (Å²) in [5.41, 5.74) is 4.06. The molecule has 2 aromatic carbocycles. The Hall–Kier alpha value is -6.46. The molecule has 7 rings (SSSR count). The van der Waals surface area contributed by atoms with Gasteiger partial charge in [-0.25, -0.2) is 9.97 Å². The summed E-state index contributed by atoms with van der Waals surface area (Å²) in [6.45, 7) is 20.9. The van der Waals surface area contributed by atoms with E-state index in [0.29, 0.717) is 48.0 Å². The highest BCUT2D eigenvalue weighted by Crippen LogP contribution is 2.62. The second kappa shape index (κ2) is 24.5. The highest BCUT2D eigenvalue weighted by molar-refractivity contribution is 7.13. The first-order valence-corrected chi connectivity index (χ1v) is 27.4. The fraction of sp³-hybridized carbons (Fsp3) is 0.526. The van der Waals surface area contributed by atoms with Crippen LogP contribution in [0.5, 0.6) is 5.75 Å². The number of pyridine rings is 1. The van der Waals surface area contributed by atoms with Crippen molar-refractivity contribution in [1.82, 2.24) is 30.4 Å². The Bertz CT molecular complexity index is 2820. The van der Waals surface area contributed by atoms with Gasteiger partial charge >= 0.3 is 11.9 Å². The number of rotatable bonds is 21. The molecule has 0 bridgehead atoms. The van der Waals surface area contributed by atoms with Crippen molar-refractivity contribution in [3.63, 3.8) is 0 Å². The third-order valence-electron chi connectivity index (χ3n) is 15.3. The molecule has 1 aliphatic carbocycles. The number of piperazine rings is 1. The van der Waals surface area contributed by atoms with Gasteiger partial charge in [-0.2, -0.15) is 5.26 Å². The number of hydrogen-bond donors (Lipinski definition) is 3. The minimum Gasteiger partial charge on any atom is -0.489 e. The Morgan fingerprint density at radius 2 is 1.65 bits per heavy atom. The topological polar surface area (TPSA) is 234 Å². The van der Waals surface area contributed by atoms with Gasteiger partial charge in [-0.3, -0.25) is 33.7 Å². The summed E-state index contributed by atoms with van der Waals surface area (Å²) >= 11 is 7.81. The van der Waals surface area contributed by atoms with Crippen LogP contribution in [0.4, 0.5) is 5.82 Å². The van der Waals surface area contributed by atoms with Gasteiger partial charge < -0.3 is 39.8 Å². The first-order chi connectivity index (χ1) is 36.4. The summed E-state index contributed by atoms with van der Waals surface area (Å²) in [5.74, 6) is -1.98. The number of amides is 3. The molecule has 3 fully saturated rings. The molecule has 0 radical (unpaired) electrons. The van der Waals surface area contributed by atoms with Crippen LogP contribution in [0.25, 0.3) is 10.4 Å². The molecule has 4 aromatic rings. The number of carbonyl (C=O) groups excluding carboxylic acids is 5. The second-order valence-electron chi connectivity index (χ2n) is 22.6. The minimum absolute atomic E-state index is 0.0180. The lowest BCUT2D eigenvalue weighted by molar-refractivity contribution is -0.196. The molecule has 18 nitrogen and oxygen atoms in total. The first kappa shape index (κ1) is 58.2. The predicted octanol–water partition coefficient (Wildman–Crippen LogP) is 7.67. The fourth-order valence-electron chi connectivity index (χ4n) is 11.2. The van der Waals surface area contributed by atoms with Gasteiger partial charge in [0, 0.05) is 74.2 Å². The number of halogens is 1. The van der Waals surface area contributed by atoms with Crippen molar-refractivity contribution < 1.29 is 48.1 Å². The van der Waals surface area contributed by atoms with E-state index in [1.807, 2.05) is 50.2 Å². The quantitative estimate of drug-likeness (QED) is 0.0413. The molecule has 3 N–H and O–H groups in total. The van der Waals surface area contributed by atoms with Crippen molar-refractivity contribution in [2.45, 2.75) is 118 Å². The predicted molar refractivity (Wildman–Crippen MR) is 291 cm³/mol. The van der Waals surface area contributed by atoms with Gasteiger partial charge in [0.2, 0.25) is 17.7 Å². The number of likely N-dealkylation sites (tertiary alicyclic amines) is 1. The zero-order valence-corrected chi connectivity index (χ0v) is 47.0. The fourth-order valence-corrected chi connectivity index (χ4v) is 12.2. The van der Waals surface area contributed by atoms with E-state index in [2.05, 4.69) is 64.2 Å². The van der Waals surface area contributed by atoms with Crippen molar-refractivity contribution in [2.24, 2.45) is 22.2 Å². The number of aryl methyl sites for hydroxylation is 1. The van der Waals surface area contributed by atoms with Crippen LogP contribution >= 0.6 is 22.9 Å².